The third-order valence-corrected chi connectivity index (χ3v) is 4.83. The lowest BCUT2D eigenvalue weighted by atomic mass is 10.2. The zero-order valence-electron chi connectivity index (χ0n) is 16.8. The molecule has 0 saturated carbocycles. The van der Waals surface area contributed by atoms with E-state index >= 15 is 0 Å². The summed E-state index contributed by atoms with van der Waals surface area (Å²) in [5.74, 6) is 1.02. The minimum Gasteiger partial charge on any atom is -0.484 e. The van der Waals surface area contributed by atoms with Crippen LogP contribution in [0.3, 0.4) is 0 Å². The molecule has 1 aromatic heterocycles. The average molecular weight is 380 g/mol. The number of amides is 1. The Kier molecular flexibility index (Phi) is 6.66. The molecule has 28 heavy (non-hydrogen) atoms. The first-order valence-electron chi connectivity index (χ1n) is 9.77. The second-order valence-corrected chi connectivity index (χ2v) is 6.75. The molecule has 1 N–H and O–H groups in total. The largest absolute Gasteiger partial charge is 0.484 e. The molecule has 0 aliphatic carbocycles. The third kappa shape index (κ3) is 4.89. The molecule has 0 aliphatic heterocycles. The second kappa shape index (κ2) is 9.37. The highest BCUT2D eigenvalue weighted by atomic mass is 16.5. The number of aryl methyl sites for hydroxylation is 1. The maximum atomic E-state index is 12.4. The van der Waals surface area contributed by atoms with E-state index in [4.69, 9.17) is 4.74 Å². The van der Waals surface area contributed by atoms with Crippen LogP contribution in [0.4, 0.5) is 5.95 Å². The van der Waals surface area contributed by atoms with Gasteiger partial charge in [0.15, 0.2) is 6.61 Å². The van der Waals surface area contributed by atoms with Crippen LogP contribution in [0.25, 0.3) is 11.0 Å². The van der Waals surface area contributed by atoms with E-state index in [1.54, 1.807) is 0 Å². The molecular weight excluding hydrogens is 352 g/mol. The summed E-state index contributed by atoms with van der Waals surface area (Å²) >= 11 is 0. The minimum atomic E-state index is -0.222. The minimum absolute atomic E-state index is 0.0533. The van der Waals surface area contributed by atoms with Crippen molar-refractivity contribution >= 4 is 22.9 Å². The monoisotopic (exact) mass is 380 g/mol. The van der Waals surface area contributed by atoms with Crippen LogP contribution < -0.4 is 10.1 Å². The van der Waals surface area contributed by atoms with Crippen molar-refractivity contribution in [1.29, 1.82) is 0 Å². The molecule has 0 bridgehead atoms. The van der Waals surface area contributed by atoms with Crippen LogP contribution in [0.2, 0.25) is 0 Å². The lowest BCUT2D eigenvalue weighted by Gasteiger charge is -2.19. The van der Waals surface area contributed by atoms with Crippen molar-refractivity contribution in [1.82, 2.24) is 14.5 Å². The molecule has 3 rings (SSSR count). The highest BCUT2D eigenvalue weighted by Crippen LogP contribution is 2.20. The van der Waals surface area contributed by atoms with Crippen LogP contribution in [0.15, 0.2) is 48.5 Å². The highest BCUT2D eigenvalue weighted by Gasteiger charge is 2.14. The maximum Gasteiger partial charge on any atom is 0.264 e. The number of rotatable bonds is 9. The molecule has 0 radical (unpaired) electrons. The van der Waals surface area contributed by atoms with Gasteiger partial charge < -0.3 is 14.2 Å². The van der Waals surface area contributed by atoms with E-state index in [0.29, 0.717) is 11.7 Å². The predicted molar refractivity (Wildman–Crippen MR) is 113 cm³/mol. The summed E-state index contributed by atoms with van der Waals surface area (Å²) in [6.07, 6.45) is 0. The molecule has 6 nitrogen and oxygen atoms in total. The zero-order chi connectivity index (χ0) is 19.9. The van der Waals surface area contributed by atoms with Crippen LogP contribution in [-0.4, -0.2) is 46.6 Å². The van der Waals surface area contributed by atoms with Gasteiger partial charge in [0, 0.05) is 13.1 Å². The van der Waals surface area contributed by atoms with Gasteiger partial charge in [0.05, 0.1) is 11.0 Å². The van der Waals surface area contributed by atoms with Crippen LogP contribution >= 0.6 is 0 Å². The van der Waals surface area contributed by atoms with E-state index < -0.39 is 0 Å². The first-order valence-corrected chi connectivity index (χ1v) is 9.77. The topological polar surface area (TPSA) is 59.4 Å². The van der Waals surface area contributed by atoms with Gasteiger partial charge >= 0.3 is 0 Å². The Hall–Kier alpha value is -2.86. The molecule has 3 aromatic rings. The van der Waals surface area contributed by atoms with Gasteiger partial charge in [-0.3, -0.25) is 10.1 Å². The summed E-state index contributed by atoms with van der Waals surface area (Å²) in [6.45, 7) is 9.92. The van der Waals surface area contributed by atoms with Gasteiger partial charge in [-0.2, -0.15) is 0 Å². The van der Waals surface area contributed by atoms with Gasteiger partial charge in [0.2, 0.25) is 5.95 Å². The number of aromatic nitrogens is 2. The Bertz CT molecular complexity index is 914. The van der Waals surface area contributed by atoms with Crippen molar-refractivity contribution in [3.63, 3.8) is 0 Å². The number of ether oxygens (including phenoxy) is 1. The Morgan fingerprint density at radius 3 is 2.54 bits per heavy atom. The lowest BCUT2D eigenvalue weighted by molar-refractivity contribution is -0.118. The molecule has 0 aliphatic rings. The van der Waals surface area contributed by atoms with Crippen molar-refractivity contribution < 1.29 is 9.53 Å². The number of carbonyl (C=O) groups is 1. The normalized spacial score (nSPS) is 11.1. The summed E-state index contributed by atoms with van der Waals surface area (Å²) < 4.78 is 7.65. The average Bonchev–Trinajstić information content (AvgIpc) is 3.05. The van der Waals surface area contributed by atoms with Crippen molar-refractivity contribution in [3.8, 4) is 5.75 Å². The van der Waals surface area contributed by atoms with Crippen LogP contribution in [0.1, 0.15) is 19.4 Å². The fraction of sp³-hybridized carbons (Fsp3) is 0.364. The summed E-state index contributed by atoms with van der Waals surface area (Å²) in [4.78, 5) is 19.4. The molecule has 0 unspecified atom stereocenters. The van der Waals surface area contributed by atoms with Gasteiger partial charge in [0.1, 0.15) is 5.75 Å². The predicted octanol–water partition coefficient (Wildman–Crippen LogP) is 3.70. The molecule has 2 aromatic carbocycles. The molecule has 0 atom stereocenters. The Labute approximate surface area is 166 Å². The summed E-state index contributed by atoms with van der Waals surface area (Å²) in [6, 6.07) is 15.6. The second-order valence-electron chi connectivity index (χ2n) is 6.75. The third-order valence-electron chi connectivity index (χ3n) is 4.83. The van der Waals surface area contributed by atoms with Gasteiger partial charge in [-0.1, -0.05) is 43.7 Å². The summed E-state index contributed by atoms with van der Waals surface area (Å²) in [7, 11) is 0. The summed E-state index contributed by atoms with van der Waals surface area (Å²) in [5, 5.41) is 2.91. The molecule has 6 heteroatoms. The van der Waals surface area contributed by atoms with E-state index in [2.05, 4.69) is 33.6 Å². The number of anilines is 1. The molecule has 0 saturated heterocycles. The number of likely N-dealkylation sites (N-methyl/N-ethyl adjacent to an activating group) is 1. The number of nitrogens with zero attached hydrogens (tertiary/aromatic N) is 3. The molecular formula is C22H28N4O2. The highest BCUT2D eigenvalue weighted by molar-refractivity contribution is 5.92. The SMILES string of the molecule is CCN(CC)CCn1c(NC(=O)COc2ccc(C)cc2)nc2ccccc21. The maximum absolute atomic E-state index is 12.4. The first-order chi connectivity index (χ1) is 13.6. The molecule has 1 amide bonds. The zero-order valence-corrected chi connectivity index (χ0v) is 16.8. The van der Waals surface area contributed by atoms with Gasteiger partial charge in [-0.05, 0) is 44.3 Å². The number of imidazole rings is 1. The van der Waals surface area contributed by atoms with Gasteiger partial charge in [0.25, 0.3) is 5.91 Å². The van der Waals surface area contributed by atoms with E-state index in [1.807, 2.05) is 55.5 Å². The number of carbonyl (C=O) groups excluding carboxylic acids is 1. The number of fused-ring (bicyclic) bond motifs is 1. The van der Waals surface area contributed by atoms with E-state index in [-0.39, 0.29) is 12.5 Å². The molecule has 1 heterocycles. The molecule has 0 fully saturated rings. The molecule has 148 valence electrons. The van der Waals surface area contributed by atoms with Crippen LogP contribution in [0.5, 0.6) is 5.75 Å². The van der Waals surface area contributed by atoms with Crippen molar-refractivity contribution in [3.05, 3.63) is 54.1 Å². The number of nitrogens with one attached hydrogen (secondary N) is 1. The number of para-hydroxylation sites is 2. The number of hydrogen-bond donors (Lipinski definition) is 1. The van der Waals surface area contributed by atoms with Gasteiger partial charge in [-0.25, -0.2) is 4.98 Å². The van der Waals surface area contributed by atoms with Crippen LogP contribution in [0, 0.1) is 6.92 Å². The smallest absolute Gasteiger partial charge is 0.264 e. The van der Waals surface area contributed by atoms with E-state index in [1.165, 1.54) is 0 Å². The Balaban J connectivity index is 1.71. The van der Waals surface area contributed by atoms with Crippen molar-refractivity contribution in [2.75, 3.05) is 31.6 Å². The van der Waals surface area contributed by atoms with E-state index in [0.717, 1.165) is 42.8 Å². The van der Waals surface area contributed by atoms with Crippen molar-refractivity contribution in [2.45, 2.75) is 27.3 Å². The fourth-order valence-electron chi connectivity index (χ4n) is 3.12. The summed E-state index contributed by atoms with van der Waals surface area (Å²) in [5.41, 5.74) is 3.04. The number of hydrogen-bond acceptors (Lipinski definition) is 4. The number of benzene rings is 2. The van der Waals surface area contributed by atoms with Crippen LogP contribution in [-0.2, 0) is 11.3 Å². The molecule has 0 spiro atoms. The Morgan fingerprint density at radius 2 is 1.82 bits per heavy atom. The van der Waals surface area contributed by atoms with Crippen molar-refractivity contribution in [2.24, 2.45) is 0 Å². The Morgan fingerprint density at radius 1 is 1.11 bits per heavy atom. The lowest BCUT2D eigenvalue weighted by Crippen LogP contribution is -2.28. The standard InChI is InChI=1S/C22H28N4O2/c1-4-25(5-2)14-15-26-20-9-7-6-8-19(20)23-22(26)24-21(27)16-28-18-12-10-17(3)11-13-18/h6-13H,4-5,14-16H2,1-3H3,(H,23,24,27). The van der Waals surface area contributed by atoms with Gasteiger partial charge in [-0.15, -0.1) is 0 Å². The fourth-order valence-corrected chi connectivity index (χ4v) is 3.12. The quantitative estimate of drug-likeness (QED) is 0.615. The first kappa shape index (κ1) is 19.9. The van der Waals surface area contributed by atoms with E-state index in [9.17, 15) is 4.79 Å².